The second-order valence-corrected chi connectivity index (χ2v) is 7.38. The van der Waals surface area contributed by atoms with Gasteiger partial charge in [0.05, 0.1) is 6.04 Å². The van der Waals surface area contributed by atoms with Crippen molar-refractivity contribution in [2.75, 3.05) is 0 Å². The number of hydrogen-bond acceptors (Lipinski definition) is 2. The van der Waals surface area contributed by atoms with Crippen molar-refractivity contribution >= 4 is 5.91 Å². The number of rotatable bonds is 1. The molecular weight excluding hydrogens is 250 g/mol. The van der Waals surface area contributed by atoms with E-state index in [2.05, 4.69) is 31.3 Å². The topological polar surface area (TPSA) is 38.3 Å². The molecule has 3 heteroatoms. The normalized spacial score (nSPS) is 20.8. The number of ether oxygens (including phenoxy) is 1. The second-order valence-electron chi connectivity index (χ2n) is 7.38. The van der Waals surface area contributed by atoms with E-state index in [-0.39, 0.29) is 23.0 Å². The summed E-state index contributed by atoms with van der Waals surface area (Å²) in [5.41, 5.74) is 1.60. The van der Waals surface area contributed by atoms with Crippen molar-refractivity contribution < 1.29 is 9.53 Å². The maximum Gasteiger partial charge on any atom is 0.225 e. The summed E-state index contributed by atoms with van der Waals surface area (Å²) in [7, 11) is 0. The molecule has 0 fully saturated rings. The maximum absolute atomic E-state index is 12.3. The number of nitrogens with one attached hydrogen (secondary N) is 1. The molecule has 0 saturated carbocycles. The van der Waals surface area contributed by atoms with Crippen LogP contribution in [0.3, 0.4) is 0 Å². The number of fused-ring (bicyclic) bond motifs is 1. The highest BCUT2D eigenvalue weighted by Crippen LogP contribution is 2.40. The van der Waals surface area contributed by atoms with Crippen LogP contribution in [0.15, 0.2) is 18.2 Å². The zero-order valence-electron chi connectivity index (χ0n) is 13.3. The summed E-state index contributed by atoms with van der Waals surface area (Å²) in [5, 5.41) is 3.17. The fourth-order valence-electron chi connectivity index (χ4n) is 2.46. The molecule has 1 aromatic carbocycles. The van der Waals surface area contributed by atoms with Crippen LogP contribution in [0.2, 0.25) is 0 Å². The Morgan fingerprint density at radius 3 is 2.60 bits per heavy atom. The molecule has 0 radical (unpaired) electrons. The number of amides is 1. The van der Waals surface area contributed by atoms with Crippen LogP contribution in [0.4, 0.5) is 0 Å². The van der Waals surface area contributed by atoms with Gasteiger partial charge >= 0.3 is 0 Å². The fraction of sp³-hybridized carbons (Fsp3) is 0.588. The van der Waals surface area contributed by atoms with Crippen LogP contribution in [0.1, 0.15) is 58.2 Å². The summed E-state index contributed by atoms with van der Waals surface area (Å²) in [6, 6.07) is 6.19. The van der Waals surface area contributed by atoms with Crippen molar-refractivity contribution in [3.63, 3.8) is 0 Å². The van der Waals surface area contributed by atoms with Crippen LogP contribution in [0.25, 0.3) is 0 Å². The van der Waals surface area contributed by atoms with E-state index in [4.69, 9.17) is 4.74 Å². The number of benzene rings is 1. The lowest BCUT2D eigenvalue weighted by Crippen LogP contribution is -2.44. The molecule has 0 saturated heterocycles. The van der Waals surface area contributed by atoms with E-state index >= 15 is 0 Å². The van der Waals surface area contributed by atoms with Gasteiger partial charge in [-0.25, -0.2) is 0 Å². The van der Waals surface area contributed by atoms with E-state index in [0.29, 0.717) is 0 Å². The second kappa shape index (κ2) is 4.80. The molecule has 0 aliphatic carbocycles. The third-order valence-corrected chi connectivity index (χ3v) is 3.61. The predicted molar refractivity (Wildman–Crippen MR) is 80.8 cm³/mol. The Labute approximate surface area is 121 Å². The van der Waals surface area contributed by atoms with Gasteiger partial charge in [-0.05, 0) is 32.4 Å². The quantitative estimate of drug-likeness (QED) is 0.847. The molecule has 2 rings (SSSR count). The molecule has 1 atom stereocenters. The Hall–Kier alpha value is -1.51. The summed E-state index contributed by atoms with van der Waals surface area (Å²) >= 11 is 0. The van der Waals surface area contributed by atoms with Gasteiger partial charge in [-0.15, -0.1) is 0 Å². The van der Waals surface area contributed by atoms with Crippen molar-refractivity contribution in [1.29, 1.82) is 0 Å². The van der Waals surface area contributed by atoms with Crippen LogP contribution >= 0.6 is 0 Å². The summed E-state index contributed by atoms with van der Waals surface area (Å²) in [5.74, 6) is 0.965. The Morgan fingerprint density at radius 1 is 1.35 bits per heavy atom. The van der Waals surface area contributed by atoms with Crippen molar-refractivity contribution in [3.8, 4) is 5.75 Å². The lowest BCUT2D eigenvalue weighted by Gasteiger charge is -2.39. The van der Waals surface area contributed by atoms with Gasteiger partial charge in [0.15, 0.2) is 0 Å². The molecule has 1 aliphatic rings. The first-order chi connectivity index (χ1) is 9.08. The molecule has 1 N–H and O–H groups in total. The summed E-state index contributed by atoms with van der Waals surface area (Å²) in [6.45, 7) is 12.0. The first kappa shape index (κ1) is 14.9. The van der Waals surface area contributed by atoms with Gasteiger partial charge in [-0.3, -0.25) is 4.79 Å². The van der Waals surface area contributed by atoms with E-state index < -0.39 is 0 Å². The molecular formula is C17H25NO2. The van der Waals surface area contributed by atoms with E-state index in [0.717, 1.165) is 17.7 Å². The first-order valence-electron chi connectivity index (χ1n) is 7.19. The van der Waals surface area contributed by atoms with Crippen molar-refractivity contribution in [2.45, 2.75) is 59.6 Å². The minimum Gasteiger partial charge on any atom is -0.487 e. The molecule has 1 aromatic rings. The zero-order valence-corrected chi connectivity index (χ0v) is 13.3. The minimum absolute atomic E-state index is 0.0149. The van der Waals surface area contributed by atoms with Crippen LogP contribution in [-0.2, 0) is 4.79 Å². The van der Waals surface area contributed by atoms with Gasteiger partial charge in [-0.1, -0.05) is 32.9 Å². The Kier molecular flexibility index (Phi) is 3.57. The largest absolute Gasteiger partial charge is 0.487 e. The smallest absolute Gasteiger partial charge is 0.225 e. The Bertz CT molecular complexity index is 526. The van der Waals surface area contributed by atoms with Gasteiger partial charge in [0.25, 0.3) is 0 Å². The number of hydrogen-bond donors (Lipinski definition) is 1. The molecule has 1 aliphatic heterocycles. The molecule has 1 amide bonds. The highest BCUT2D eigenvalue weighted by Gasteiger charge is 2.36. The summed E-state index contributed by atoms with van der Waals surface area (Å²) in [4.78, 5) is 12.3. The van der Waals surface area contributed by atoms with Gasteiger partial charge in [-0.2, -0.15) is 0 Å². The fourth-order valence-corrected chi connectivity index (χ4v) is 2.46. The monoisotopic (exact) mass is 275 g/mol. The molecule has 3 nitrogen and oxygen atoms in total. The van der Waals surface area contributed by atoms with E-state index in [1.807, 2.05) is 33.8 Å². The molecule has 0 aromatic heterocycles. The standard InChI is InChI=1S/C17H25NO2/c1-11-7-8-12-13(18-15(19)16(2,3)4)10-17(5,6)20-14(12)9-11/h7-9,13H,10H2,1-6H3,(H,18,19)/t13-/m0/s1. The SMILES string of the molecule is Cc1ccc2c(c1)OC(C)(C)C[C@@H]2NC(=O)C(C)(C)C. The van der Waals surface area contributed by atoms with Gasteiger partial charge in [0.2, 0.25) is 5.91 Å². The summed E-state index contributed by atoms with van der Waals surface area (Å²) in [6.07, 6.45) is 0.783. The third kappa shape index (κ3) is 3.14. The number of aryl methyl sites for hydroxylation is 1. The number of carbonyl (C=O) groups excluding carboxylic acids is 1. The average molecular weight is 275 g/mol. The molecule has 20 heavy (non-hydrogen) atoms. The van der Waals surface area contributed by atoms with Crippen LogP contribution in [0, 0.1) is 12.3 Å². The lowest BCUT2D eigenvalue weighted by molar-refractivity contribution is -0.129. The van der Waals surface area contributed by atoms with Crippen molar-refractivity contribution in [3.05, 3.63) is 29.3 Å². The van der Waals surface area contributed by atoms with Gasteiger partial charge in [0, 0.05) is 17.4 Å². The van der Waals surface area contributed by atoms with Gasteiger partial charge in [0.1, 0.15) is 11.4 Å². The van der Waals surface area contributed by atoms with Crippen LogP contribution in [-0.4, -0.2) is 11.5 Å². The third-order valence-electron chi connectivity index (χ3n) is 3.61. The molecule has 110 valence electrons. The highest BCUT2D eigenvalue weighted by atomic mass is 16.5. The lowest BCUT2D eigenvalue weighted by atomic mass is 9.87. The number of carbonyl (C=O) groups is 1. The first-order valence-corrected chi connectivity index (χ1v) is 7.19. The highest BCUT2D eigenvalue weighted by molar-refractivity contribution is 5.81. The van der Waals surface area contributed by atoms with E-state index in [1.54, 1.807) is 0 Å². The van der Waals surface area contributed by atoms with Crippen LogP contribution in [0.5, 0.6) is 5.75 Å². The van der Waals surface area contributed by atoms with E-state index in [9.17, 15) is 4.79 Å². The Balaban J connectivity index is 2.33. The molecule has 1 heterocycles. The van der Waals surface area contributed by atoms with Crippen LogP contribution < -0.4 is 10.1 Å². The molecule has 0 unspecified atom stereocenters. The maximum atomic E-state index is 12.3. The van der Waals surface area contributed by atoms with Crippen molar-refractivity contribution in [2.24, 2.45) is 5.41 Å². The van der Waals surface area contributed by atoms with E-state index in [1.165, 1.54) is 5.56 Å². The molecule has 0 bridgehead atoms. The van der Waals surface area contributed by atoms with Crippen molar-refractivity contribution in [1.82, 2.24) is 5.32 Å². The summed E-state index contributed by atoms with van der Waals surface area (Å²) < 4.78 is 6.05. The molecule has 0 spiro atoms. The Morgan fingerprint density at radius 2 is 2.00 bits per heavy atom. The zero-order chi connectivity index (χ0) is 15.1. The van der Waals surface area contributed by atoms with Gasteiger partial charge < -0.3 is 10.1 Å². The minimum atomic E-state index is -0.382. The predicted octanol–water partition coefficient (Wildman–Crippen LogP) is 3.76. The average Bonchev–Trinajstić information content (AvgIpc) is 2.25.